The van der Waals surface area contributed by atoms with Crippen molar-refractivity contribution in [2.75, 3.05) is 5.32 Å². The second-order valence-electron chi connectivity index (χ2n) is 5.95. The van der Waals surface area contributed by atoms with Gasteiger partial charge in [-0.2, -0.15) is 0 Å². The lowest BCUT2D eigenvalue weighted by molar-refractivity contribution is -0.274. The maximum Gasteiger partial charge on any atom is 0.573 e. The molecule has 3 nitrogen and oxygen atoms in total. The number of ether oxygens (including phenoxy) is 1. The smallest absolute Gasteiger partial charge is 0.406 e. The van der Waals surface area contributed by atoms with Crippen molar-refractivity contribution in [1.82, 2.24) is 0 Å². The van der Waals surface area contributed by atoms with Crippen LogP contribution in [0.25, 0.3) is 10.8 Å². The van der Waals surface area contributed by atoms with Crippen LogP contribution in [-0.4, -0.2) is 12.1 Å². The number of carbonyl (C=O) groups is 1. The SMILES string of the molecule is CC(=CC(=O)c1ccc2ccccc2c1)Nc1ccc(OC(F)(F)F)cc1. The lowest BCUT2D eigenvalue weighted by Gasteiger charge is -2.10. The van der Waals surface area contributed by atoms with Crippen molar-refractivity contribution in [2.45, 2.75) is 13.3 Å². The molecule has 138 valence electrons. The van der Waals surface area contributed by atoms with E-state index < -0.39 is 6.36 Å². The predicted molar refractivity (Wildman–Crippen MR) is 98.8 cm³/mol. The maximum absolute atomic E-state index is 12.4. The fourth-order valence-electron chi connectivity index (χ4n) is 2.63. The van der Waals surface area contributed by atoms with E-state index in [1.807, 2.05) is 36.4 Å². The van der Waals surface area contributed by atoms with Gasteiger partial charge in [0.25, 0.3) is 0 Å². The van der Waals surface area contributed by atoms with Gasteiger partial charge in [-0.3, -0.25) is 4.79 Å². The molecule has 0 aliphatic heterocycles. The summed E-state index contributed by atoms with van der Waals surface area (Å²) in [6, 6.07) is 18.5. The van der Waals surface area contributed by atoms with Gasteiger partial charge in [0.1, 0.15) is 5.75 Å². The third kappa shape index (κ3) is 5.10. The van der Waals surface area contributed by atoms with Crippen LogP contribution in [0.5, 0.6) is 5.75 Å². The lowest BCUT2D eigenvalue weighted by atomic mass is 10.0. The first-order valence-electron chi connectivity index (χ1n) is 8.14. The number of hydrogen-bond donors (Lipinski definition) is 1. The first kappa shape index (κ1) is 18.5. The van der Waals surface area contributed by atoms with E-state index in [1.54, 1.807) is 13.0 Å². The van der Waals surface area contributed by atoms with E-state index in [2.05, 4.69) is 10.1 Å². The van der Waals surface area contributed by atoms with Gasteiger partial charge in [-0.25, -0.2) is 0 Å². The van der Waals surface area contributed by atoms with Gasteiger partial charge in [0.2, 0.25) is 0 Å². The second kappa shape index (κ2) is 7.53. The van der Waals surface area contributed by atoms with Crippen LogP contribution >= 0.6 is 0 Å². The molecule has 3 rings (SSSR count). The third-order valence-electron chi connectivity index (χ3n) is 3.81. The van der Waals surface area contributed by atoms with Crippen LogP contribution in [0, 0.1) is 0 Å². The highest BCUT2D eigenvalue weighted by molar-refractivity contribution is 6.07. The zero-order chi connectivity index (χ0) is 19.4. The summed E-state index contributed by atoms with van der Waals surface area (Å²) in [4.78, 5) is 12.4. The van der Waals surface area contributed by atoms with E-state index in [-0.39, 0.29) is 11.5 Å². The fourth-order valence-corrected chi connectivity index (χ4v) is 2.63. The van der Waals surface area contributed by atoms with Gasteiger partial charge in [0.15, 0.2) is 5.78 Å². The predicted octanol–water partition coefficient (Wildman–Crippen LogP) is 5.94. The number of alkyl halides is 3. The zero-order valence-electron chi connectivity index (χ0n) is 14.4. The molecule has 0 heterocycles. The van der Waals surface area contributed by atoms with Crippen LogP contribution in [-0.2, 0) is 0 Å². The Kier molecular flexibility index (Phi) is 5.16. The van der Waals surface area contributed by atoms with Crippen molar-refractivity contribution in [3.63, 3.8) is 0 Å². The number of hydrogen-bond acceptors (Lipinski definition) is 3. The minimum atomic E-state index is -4.73. The Morgan fingerprint density at radius 2 is 1.63 bits per heavy atom. The molecule has 27 heavy (non-hydrogen) atoms. The van der Waals surface area contributed by atoms with Crippen molar-refractivity contribution in [1.29, 1.82) is 0 Å². The molecule has 0 aromatic heterocycles. The van der Waals surface area contributed by atoms with Crippen LogP contribution in [0.15, 0.2) is 78.5 Å². The minimum Gasteiger partial charge on any atom is -0.406 e. The highest BCUT2D eigenvalue weighted by Gasteiger charge is 2.30. The van der Waals surface area contributed by atoms with E-state index >= 15 is 0 Å². The van der Waals surface area contributed by atoms with Crippen LogP contribution in [0.4, 0.5) is 18.9 Å². The average Bonchev–Trinajstić information content (AvgIpc) is 2.61. The van der Waals surface area contributed by atoms with Crippen LogP contribution in [0.3, 0.4) is 0 Å². The standard InChI is InChI=1S/C21H16F3NO2/c1-14(25-18-8-10-19(11-9-18)27-21(22,23)24)12-20(26)17-7-6-15-4-2-3-5-16(15)13-17/h2-13,25H,1H3. The summed E-state index contributed by atoms with van der Waals surface area (Å²) in [7, 11) is 0. The highest BCUT2D eigenvalue weighted by atomic mass is 19.4. The molecule has 3 aromatic rings. The van der Waals surface area contributed by atoms with Crippen LogP contribution in [0.1, 0.15) is 17.3 Å². The van der Waals surface area contributed by atoms with Gasteiger partial charge in [0, 0.05) is 23.0 Å². The van der Waals surface area contributed by atoms with Gasteiger partial charge in [-0.1, -0.05) is 36.4 Å². The van der Waals surface area contributed by atoms with E-state index in [4.69, 9.17) is 0 Å². The van der Waals surface area contributed by atoms with Crippen molar-refractivity contribution >= 4 is 22.2 Å². The number of rotatable bonds is 5. The Morgan fingerprint density at radius 1 is 0.963 bits per heavy atom. The molecule has 0 atom stereocenters. The van der Waals surface area contributed by atoms with Crippen molar-refractivity contribution < 1.29 is 22.7 Å². The molecule has 0 unspecified atom stereocenters. The summed E-state index contributed by atoms with van der Waals surface area (Å²) in [6.07, 6.45) is -3.28. The number of allylic oxidation sites excluding steroid dienone is 2. The number of ketones is 1. The number of nitrogens with one attached hydrogen (secondary N) is 1. The Balaban J connectivity index is 1.69. The van der Waals surface area contributed by atoms with Crippen molar-refractivity contribution in [3.8, 4) is 5.75 Å². The summed E-state index contributed by atoms with van der Waals surface area (Å²) < 4.78 is 40.3. The fraction of sp³-hybridized carbons (Fsp3) is 0.0952. The molecule has 0 fully saturated rings. The Morgan fingerprint density at radius 3 is 2.30 bits per heavy atom. The molecule has 0 saturated carbocycles. The summed E-state index contributed by atoms with van der Waals surface area (Å²) in [5.41, 5.74) is 1.67. The quantitative estimate of drug-likeness (QED) is 0.446. The molecule has 6 heteroatoms. The number of carbonyl (C=O) groups excluding carboxylic acids is 1. The van der Waals surface area contributed by atoms with E-state index in [0.717, 1.165) is 10.8 Å². The summed E-state index contributed by atoms with van der Waals surface area (Å²) in [6.45, 7) is 1.71. The molecule has 0 amide bonds. The highest BCUT2D eigenvalue weighted by Crippen LogP contribution is 2.24. The molecule has 0 radical (unpaired) electrons. The first-order chi connectivity index (χ1) is 12.8. The van der Waals surface area contributed by atoms with Gasteiger partial charge in [-0.15, -0.1) is 13.2 Å². The Hall–Kier alpha value is -3.28. The zero-order valence-corrected chi connectivity index (χ0v) is 14.4. The van der Waals surface area contributed by atoms with E-state index in [0.29, 0.717) is 16.9 Å². The Bertz CT molecular complexity index is 992. The number of fused-ring (bicyclic) bond motifs is 1. The topological polar surface area (TPSA) is 38.3 Å². The molecular formula is C21H16F3NO2. The summed E-state index contributed by atoms with van der Waals surface area (Å²) in [5.74, 6) is -0.468. The van der Waals surface area contributed by atoms with Crippen molar-refractivity contribution in [3.05, 3.63) is 84.1 Å². The molecule has 0 bridgehead atoms. The molecule has 0 spiro atoms. The number of halogens is 3. The van der Waals surface area contributed by atoms with E-state index in [1.165, 1.54) is 30.3 Å². The second-order valence-corrected chi connectivity index (χ2v) is 5.95. The maximum atomic E-state index is 12.4. The van der Waals surface area contributed by atoms with Crippen LogP contribution < -0.4 is 10.1 Å². The molecule has 0 aliphatic rings. The summed E-state index contributed by atoms with van der Waals surface area (Å²) in [5, 5.41) is 5.00. The molecule has 1 N–H and O–H groups in total. The van der Waals surface area contributed by atoms with Gasteiger partial charge >= 0.3 is 6.36 Å². The number of benzene rings is 3. The average molecular weight is 371 g/mol. The minimum absolute atomic E-state index is 0.164. The van der Waals surface area contributed by atoms with Crippen molar-refractivity contribution in [2.24, 2.45) is 0 Å². The number of anilines is 1. The normalized spacial score (nSPS) is 12.1. The largest absolute Gasteiger partial charge is 0.573 e. The lowest BCUT2D eigenvalue weighted by Crippen LogP contribution is -2.17. The molecule has 0 saturated heterocycles. The molecular weight excluding hydrogens is 355 g/mol. The van der Waals surface area contributed by atoms with Gasteiger partial charge < -0.3 is 10.1 Å². The summed E-state index contributed by atoms with van der Waals surface area (Å²) >= 11 is 0. The van der Waals surface area contributed by atoms with Gasteiger partial charge in [0.05, 0.1) is 0 Å². The van der Waals surface area contributed by atoms with Crippen LogP contribution in [0.2, 0.25) is 0 Å². The monoisotopic (exact) mass is 371 g/mol. The Labute approximate surface area is 154 Å². The van der Waals surface area contributed by atoms with Gasteiger partial charge in [-0.05, 0) is 48.0 Å². The van der Waals surface area contributed by atoms with E-state index in [9.17, 15) is 18.0 Å². The first-order valence-corrected chi connectivity index (χ1v) is 8.14. The third-order valence-corrected chi connectivity index (χ3v) is 3.81. The molecule has 0 aliphatic carbocycles. The molecule has 3 aromatic carbocycles.